The van der Waals surface area contributed by atoms with Gasteiger partial charge in [0.25, 0.3) is 0 Å². The van der Waals surface area contributed by atoms with Crippen LogP contribution < -0.4 is 5.32 Å². The van der Waals surface area contributed by atoms with Gasteiger partial charge in [-0.3, -0.25) is 0 Å². The molecule has 1 aliphatic heterocycles. The Kier molecular flexibility index (Phi) is 5.00. The molecule has 1 unspecified atom stereocenters. The summed E-state index contributed by atoms with van der Waals surface area (Å²) in [5.74, 6) is -10.1. The van der Waals surface area contributed by atoms with Gasteiger partial charge in [0.15, 0.2) is 23.3 Å². The first-order chi connectivity index (χ1) is 9.91. The maximum absolute atomic E-state index is 13.4. The summed E-state index contributed by atoms with van der Waals surface area (Å²) in [6.45, 7) is 1.61. The van der Waals surface area contributed by atoms with E-state index in [0.29, 0.717) is 0 Å². The minimum absolute atomic E-state index is 0.280. The summed E-state index contributed by atoms with van der Waals surface area (Å²) in [7, 11) is 0. The number of nitrogens with one attached hydrogen (secondary N) is 1. The molecule has 0 amide bonds. The normalized spacial score (nSPS) is 17.2. The Hall–Kier alpha value is -1.41. The van der Waals surface area contributed by atoms with E-state index in [9.17, 15) is 27.1 Å². The molecule has 1 aromatic carbocycles. The van der Waals surface area contributed by atoms with Crippen LogP contribution in [0, 0.1) is 29.1 Å². The number of halogens is 5. The molecule has 2 rings (SSSR count). The van der Waals surface area contributed by atoms with Crippen LogP contribution in [0.25, 0.3) is 0 Å². The van der Waals surface area contributed by atoms with E-state index in [-0.39, 0.29) is 13.1 Å². The van der Waals surface area contributed by atoms with Crippen molar-refractivity contribution in [3.8, 4) is 0 Å². The number of benzene rings is 1. The highest BCUT2D eigenvalue weighted by Gasteiger charge is 2.26. The third-order valence-corrected chi connectivity index (χ3v) is 3.39. The van der Waals surface area contributed by atoms with Crippen molar-refractivity contribution in [1.82, 2.24) is 4.90 Å². The molecule has 1 aromatic rings. The topological polar surface area (TPSA) is 35.5 Å². The van der Waals surface area contributed by atoms with Crippen molar-refractivity contribution in [1.29, 1.82) is 0 Å². The molecule has 3 nitrogen and oxygen atoms in total. The minimum atomic E-state index is -2.20. The van der Waals surface area contributed by atoms with Crippen LogP contribution in [0.4, 0.5) is 27.6 Å². The molecule has 21 heavy (non-hydrogen) atoms. The quantitative estimate of drug-likeness (QED) is 0.497. The van der Waals surface area contributed by atoms with Gasteiger partial charge in [0.2, 0.25) is 5.82 Å². The van der Waals surface area contributed by atoms with E-state index in [1.165, 1.54) is 0 Å². The molecule has 1 aliphatic rings. The number of anilines is 1. The van der Waals surface area contributed by atoms with Gasteiger partial charge in [-0.15, -0.1) is 0 Å². The number of hydrogen-bond acceptors (Lipinski definition) is 3. The molecule has 0 radical (unpaired) electrons. The molecule has 0 bridgehead atoms. The summed E-state index contributed by atoms with van der Waals surface area (Å²) in [5.41, 5.74) is -1.12. The van der Waals surface area contributed by atoms with Crippen molar-refractivity contribution >= 4 is 5.69 Å². The average Bonchev–Trinajstić information content (AvgIpc) is 2.96. The van der Waals surface area contributed by atoms with Gasteiger partial charge in [-0.05, 0) is 25.9 Å². The van der Waals surface area contributed by atoms with Crippen LogP contribution >= 0.6 is 0 Å². The summed E-state index contributed by atoms with van der Waals surface area (Å²) in [6, 6.07) is 0. The Morgan fingerprint density at radius 2 is 1.38 bits per heavy atom. The van der Waals surface area contributed by atoms with Crippen molar-refractivity contribution in [2.45, 2.75) is 18.9 Å². The average molecular weight is 310 g/mol. The smallest absolute Gasteiger partial charge is 0.200 e. The van der Waals surface area contributed by atoms with Crippen molar-refractivity contribution < 1.29 is 27.1 Å². The molecule has 0 aromatic heterocycles. The minimum Gasteiger partial charge on any atom is -0.390 e. The molecule has 1 heterocycles. The molecule has 0 saturated carbocycles. The van der Waals surface area contributed by atoms with Gasteiger partial charge in [0.05, 0.1) is 6.10 Å². The number of β-amino-alcohol motifs (C(OH)–C–C–N with tert-alkyl or cyclic N) is 1. The van der Waals surface area contributed by atoms with Crippen molar-refractivity contribution in [3.05, 3.63) is 29.1 Å². The van der Waals surface area contributed by atoms with Crippen molar-refractivity contribution in [2.24, 2.45) is 0 Å². The first kappa shape index (κ1) is 16.0. The van der Waals surface area contributed by atoms with E-state index < -0.39 is 40.9 Å². The Morgan fingerprint density at radius 1 is 0.905 bits per heavy atom. The summed E-state index contributed by atoms with van der Waals surface area (Å²) < 4.78 is 65.6. The highest BCUT2D eigenvalue weighted by molar-refractivity contribution is 5.47. The Labute approximate surface area is 118 Å². The lowest BCUT2D eigenvalue weighted by molar-refractivity contribution is 0.135. The molecule has 2 N–H and O–H groups in total. The molecule has 0 spiro atoms. The van der Waals surface area contributed by atoms with E-state index in [1.54, 1.807) is 0 Å². The van der Waals surface area contributed by atoms with Crippen molar-refractivity contribution in [2.75, 3.05) is 31.5 Å². The molecule has 1 atom stereocenters. The fraction of sp³-hybridized carbons (Fsp3) is 0.538. The summed E-state index contributed by atoms with van der Waals surface area (Å²) >= 11 is 0. The molecule has 118 valence electrons. The number of rotatable bonds is 5. The van der Waals surface area contributed by atoms with Crippen LogP contribution in [0.2, 0.25) is 0 Å². The zero-order chi connectivity index (χ0) is 15.6. The molecule has 1 saturated heterocycles. The van der Waals surface area contributed by atoms with Gasteiger partial charge >= 0.3 is 0 Å². The Balaban J connectivity index is 2.02. The third-order valence-electron chi connectivity index (χ3n) is 3.39. The maximum Gasteiger partial charge on any atom is 0.200 e. The molecular weight excluding hydrogens is 295 g/mol. The van der Waals surface area contributed by atoms with Crippen LogP contribution in [0.3, 0.4) is 0 Å². The van der Waals surface area contributed by atoms with Crippen molar-refractivity contribution in [3.63, 3.8) is 0 Å². The van der Waals surface area contributed by atoms with Gasteiger partial charge in [0, 0.05) is 13.1 Å². The van der Waals surface area contributed by atoms with E-state index in [1.807, 2.05) is 4.90 Å². The van der Waals surface area contributed by atoms with Gasteiger partial charge in [-0.1, -0.05) is 0 Å². The zero-order valence-electron chi connectivity index (χ0n) is 11.1. The summed E-state index contributed by atoms with van der Waals surface area (Å²) in [5, 5.41) is 11.8. The summed E-state index contributed by atoms with van der Waals surface area (Å²) in [4.78, 5) is 1.96. The second kappa shape index (κ2) is 6.57. The number of aliphatic hydroxyl groups is 1. The SMILES string of the molecule is OC(CNc1c(F)c(F)c(F)c(F)c1F)CN1CCCC1. The zero-order valence-corrected chi connectivity index (χ0v) is 11.1. The third kappa shape index (κ3) is 3.44. The lowest BCUT2D eigenvalue weighted by atomic mass is 10.2. The van der Waals surface area contributed by atoms with E-state index in [4.69, 9.17) is 0 Å². The van der Waals surface area contributed by atoms with Gasteiger partial charge < -0.3 is 15.3 Å². The predicted molar refractivity (Wildman–Crippen MR) is 66.4 cm³/mol. The van der Waals surface area contributed by atoms with E-state index in [2.05, 4.69) is 5.32 Å². The monoisotopic (exact) mass is 310 g/mol. The first-order valence-corrected chi connectivity index (χ1v) is 6.57. The Bertz CT molecular complexity index is 491. The van der Waals surface area contributed by atoms with Crippen LogP contribution in [0.1, 0.15) is 12.8 Å². The standard InChI is InChI=1S/C13H15F5N2O/c14-8-9(15)11(17)13(12(18)10(8)16)19-5-7(21)6-20-3-1-2-4-20/h7,19,21H,1-6H2. The largest absolute Gasteiger partial charge is 0.390 e. The predicted octanol–water partition coefficient (Wildman–Crippen LogP) is 2.25. The number of hydrogen-bond donors (Lipinski definition) is 2. The Morgan fingerprint density at radius 3 is 1.90 bits per heavy atom. The number of nitrogens with zero attached hydrogens (tertiary/aromatic N) is 1. The maximum atomic E-state index is 13.4. The fourth-order valence-corrected chi connectivity index (χ4v) is 2.31. The van der Waals surface area contributed by atoms with E-state index in [0.717, 1.165) is 25.9 Å². The molecule has 0 aliphatic carbocycles. The van der Waals surface area contributed by atoms with Crippen LogP contribution in [0.15, 0.2) is 0 Å². The second-order valence-corrected chi connectivity index (χ2v) is 4.99. The fourth-order valence-electron chi connectivity index (χ4n) is 2.31. The lowest BCUT2D eigenvalue weighted by Crippen LogP contribution is -2.34. The van der Waals surface area contributed by atoms with Gasteiger partial charge in [-0.25, -0.2) is 22.0 Å². The number of aliphatic hydroxyl groups excluding tert-OH is 1. The van der Waals surface area contributed by atoms with Crippen LogP contribution in [0.5, 0.6) is 0 Å². The first-order valence-electron chi connectivity index (χ1n) is 6.57. The van der Waals surface area contributed by atoms with E-state index >= 15 is 0 Å². The van der Waals surface area contributed by atoms with Crippen LogP contribution in [-0.2, 0) is 0 Å². The van der Waals surface area contributed by atoms with Crippen LogP contribution in [-0.4, -0.2) is 42.3 Å². The van der Waals surface area contributed by atoms with Gasteiger partial charge in [-0.2, -0.15) is 0 Å². The lowest BCUT2D eigenvalue weighted by Gasteiger charge is -2.20. The highest BCUT2D eigenvalue weighted by Crippen LogP contribution is 2.27. The molecule has 8 heteroatoms. The number of likely N-dealkylation sites (tertiary alicyclic amines) is 1. The molecule has 1 fully saturated rings. The molecular formula is C13H15F5N2O. The summed E-state index contributed by atoms with van der Waals surface area (Å²) in [6.07, 6.45) is 1.05. The second-order valence-electron chi connectivity index (χ2n) is 4.99. The van der Waals surface area contributed by atoms with Gasteiger partial charge in [0.1, 0.15) is 5.69 Å². The highest BCUT2D eigenvalue weighted by atomic mass is 19.2.